The number of nitrogens with one attached hydrogen (secondary N) is 1. The molecule has 0 saturated heterocycles. The Balaban J connectivity index is 1.55. The highest BCUT2D eigenvalue weighted by molar-refractivity contribution is 7.89. The molecule has 0 aliphatic heterocycles. The predicted molar refractivity (Wildman–Crippen MR) is 128 cm³/mol. The van der Waals surface area contributed by atoms with Crippen LogP contribution in [0.15, 0.2) is 59.5 Å². The Morgan fingerprint density at radius 2 is 1.71 bits per heavy atom. The number of nitrogens with two attached hydrogens (primary N) is 1. The molecule has 178 valence electrons. The maximum absolute atomic E-state index is 12.1. The summed E-state index contributed by atoms with van der Waals surface area (Å²) in [6.45, 7) is 5.94. The first kappa shape index (κ1) is 24.9. The van der Waals surface area contributed by atoms with Crippen LogP contribution in [0.1, 0.15) is 28.1 Å². The lowest BCUT2D eigenvalue weighted by Gasteiger charge is -2.06. The minimum absolute atomic E-state index is 0.0742. The van der Waals surface area contributed by atoms with Gasteiger partial charge < -0.3 is 10.1 Å². The van der Waals surface area contributed by atoms with Gasteiger partial charge in [0.25, 0.3) is 5.91 Å². The molecule has 3 aromatic rings. The van der Waals surface area contributed by atoms with Crippen molar-refractivity contribution in [1.29, 1.82) is 0 Å². The third-order valence-electron chi connectivity index (χ3n) is 5.09. The second-order valence-electron chi connectivity index (χ2n) is 7.79. The number of anilines is 1. The molecule has 9 nitrogen and oxygen atoms in total. The van der Waals surface area contributed by atoms with Crippen molar-refractivity contribution in [3.05, 3.63) is 82.7 Å². The van der Waals surface area contributed by atoms with Gasteiger partial charge in [-0.1, -0.05) is 29.8 Å². The highest BCUT2D eigenvalue weighted by atomic mass is 32.2. The number of carbonyl (C=O) groups is 2. The number of aryl methyl sites for hydroxylation is 2. The van der Waals surface area contributed by atoms with Crippen LogP contribution in [0.2, 0.25) is 0 Å². The van der Waals surface area contributed by atoms with Gasteiger partial charge in [-0.15, -0.1) is 0 Å². The summed E-state index contributed by atoms with van der Waals surface area (Å²) < 4.78 is 29.4. The Morgan fingerprint density at radius 3 is 2.32 bits per heavy atom. The minimum atomic E-state index is -3.82. The van der Waals surface area contributed by atoms with Crippen LogP contribution in [-0.4, -0.2) is 36.7 Å². The molecule has 0 atom stereocenters. The van der Waals surface area contributed by atoms with Crippen molar-refractivity contribution in [3.8, 4) is 0 Å². The molecule has 0 aliphatic carbocycles. The molecule has 2 aromatic carbocycles. The fraction of sp³-hybridized carbons (Fsp3) is 0.208. The molecule has 3 rings (SSSR count). The fourth-order valence-corrected chi connectivity index (χ4v) is 3.75. The zero-order valence-electron chi connectivity index (χ0n) is 19.1. The Hall–Kier alpha value is -3.76. The lowest BCUT2D eigenvalue weighted by molar-refractivity contribution is -0.142. The van der Waals surface area contributed by atoms with Gasteiger partial charge in [0.1, 0.15) is 0 Å². The topological polar surface area (TPSA) is 133 Å². The van der Waals surface area contributed by atoms with E-state index in [1.54, 1.807) is 6.08 Å². The highest BCUT2D eigenvalue weighted by Gasteiger charge is 2.12. The lowest BCUT2D eigenvalue weighted by atomic mass is 10.1. The van der Waals surface area contributed by atoms with E-state index in [-0.39, 0.29) is 4.90 Å². The quantitative estimate of drug-likeness (QED) is 0.375. The summed E-state index contributed by atoms with van der Waals surface area (Å²) >= 11 is 0. The molecule has 3 N–H and O–H groups in total. The Bertz CT molecular complexity index is 1320. The van der Waals surface area contributed by atoms with Crippen molar-refractivity contribution < 1.29 is 22.7 Å². The van der Waals surface area contributed by atoms with Crippen molar-refractivity contribution in [2.45, 2.75) is 32.2 Å². The van der Waals surface area contributed by atoms with E-state index in [0.29, 0.717) is 12.2 Å². The first-order valence-corrected chi connectivity index (χ1v) is 11.9. The number of esters is 1. The smallest absolute Gasteiger partial charge is 0.331 e. The van der Waals surface area contributed by atoms with Gasteiger partial charge in [0.05, 0.1) is 17.1 Å². The molecule has 10 heteroatoms. The van der Waals surface area contributed by atoms with E-state index < -0.39 is 28.5 Å². The molecule has 1 heterocycles. The van der Waals surface area contributed by atoms with E-state index in [1.165, 1.54) is 35.9 Å². The summed E-state index contributed by atoms with van der Waals surface area (Å²) in [7, 11) is -3.82. The average molecular weight is 483 g/mol. The molecule has 0 fully saturated rings. The number of carbonyl (C=O) groups excluding carboxylic acids is 2. The van der Waals surface area contributed by atoms with E-state index in [4.69, 9.17) is 9.88 Å². The van der Waals surface area contributed by atoms with Crippen LogP contribution >= 0.6 is 0 Å². The van der Waals surface area contributed by atoms with Crippen molar-refractivity contribution in [1.82, 2.24) is 9.78 Å². The van der Waals surface area contributed by atoms with Gasteiger partial charge in [0.2, 0.25) is 10.0 Å². The number of nitrogens with zero attached hydrogens (tertiary/aromatic N) is 2. The molecule has 0 radical (unpaired) electrons. The molecule has 1 aromatic heterocycles. The monoisotopic (exact) mass is 482 g/mol. The first-order chi connectivity index (χ1) is 16.0. The molecule has 1 amide bonds. The van der Waals surface area contributed by atoms with Crippen LogP contribution in [0.25, 0.3) is 6.08 Å². The molecular formula is C24H26N4O5S. The summed E-state index contributed by atoms with van der Waals surface area (Å²) in [6.07, 6.45) is 2.87. The second kappa shape index (κ2) is 10.4. The normalized spacial score (nSPS) is 11.5. The van der Waals surface area contributed by atoms with Gasteiger partial charge >= 0.3 is 5.97 Å². The zero-order chi connectivity index (χ0) is 24.9. The number of sulfonamides is 1. The van der Waals surface area contributed by atoms with Gasteiger partial charge in [-0.2, -0.15) is 5.10 Å². The largest absolute Gasteiger partial charge is 0.452 e. The van der Waals surface area contributed by atoms with Gasteiger partial charge in [-0.05, 0) is 56.7 Å². The van der Waals surface area contributed by atoms with Crippen LogP contribution in [0.5, 0.6) is 0 Å². The molecule has 0 saturated carbocycles. The van der Waals surface area contributed by atoms with Gasteiger partial charge in [0, 0.05) is 23.0 Å². The van der Waals surface area contributed by atoms with Crippen molar-refractivity contribution in [3.63, 3.8) is 0 Å². The van der Waals surface area contributed by atoms with Crippen molar-refractivity contribution in [2.75, 3.05) is 11.9 Å². The fourth-order valence-electron chi connectivity index (χ4n) is 3.23. The Labute approximate surface area is 198 Å². The predicted octanol–water partition coefficient (Wildman–Crippen LogP) is 2.70. The number of benzene rings is 2. The van der Waals surface area contributed by atoms with E-state index in [0.717, 1.165) is 22.5 Å². The summed E-state index contributed by atoms with van der Waals surface area (Å²) in [5, 5.41) is 12.1. The third-order valence-corrected chi connectivity index (χ3v) is 6.02. The van der Waals surface area contributed by atoms with Crippen molar-refractivity contribution >= 4 is 33.7 Å². The summed E-state index contributed by atoms with van der Waals surface area (Å²) in [6, 6.07) is 13.5. The summed E-state index contributed by atoms with van der Waals surface area (Å²) in [4.78, 5) is 24.0. The number of aromatic nitrogens is 2. The molecule has 34 heavy (non-hydrogen) atoms. The average Bonchev–Trinajstić information content (AvgIpc) is 3.04. The summed E-state index contributed by atoms with van der Waals surface area (Å²) in [5.74, 6) is -1.24. The van der Waals surface area contributed by atoms with E-state index in [9.17, 15) is 18.0 Å². The Morgan fingerprint density at radius 1 is 1.06 bits per heavy atom. The van der Waals surface area contributed by atoms with Crippen LogP contribution in [-0.2, 0) is 30.9 Å². The van der Waals surface area contributed by atoms with E-state index in [2.05, 4.69) is 22.5 Å². The lowest BCUT2D eigenvalue weighted by Crippen LogP contribution is -2.20. The zero-order valence-corrected chi connectivity index (χ0v) is 19.9. The summed E-state index contributed by atoms with van der Waals surface area (Å²) in [5.41, 5.74) is 5.14. The van der Waals surface area contributed by atoms with Crippen LogP contribution in [0, 0.1) is 20.8 Å². The van der Waals surface area contributed by atoms with Gasteiger partial charge in [-0.3, -0.25) is 9.48 Å². The molecule has 0 spiro atoms. The highest BCUT2D eigenvalue weighted by Crippen LogP contribution is 2.17. The molecule has 0 bridgehead atoms. The van der Waals surface area contributed by atoms with Crippen LogP contribution < -0.4 is 10.5 Å². The number of hydrogen-bond donors (Lipinski definition) is 2. The molecule has 0 unspecified atom stereocenters. The second-order valence-corrected chi connectivity index (χ2v) is 9.35. The van der Waals surface area contributed by atoms with E-state index >= 15 is 0 Å². The first-order valence-electron chi connectivity index (χ1n) is 10.4. The molecule has 0 aliphatic rings. The van der Waals surface area contributed by atoms with Gasteiger partial charge in [-0.25, -0.2) is 18.4 Å². The number of primary sulfonamides is 1. The number of amides is 1. The maximum atomic E-state index is 12.1. The van der Waals surface area contributed by atoms with Crippen molar-refractivity contribution in [2.24, 2.45) is 5.14 Å². The number of ether oxygens (including phenoxy) is 1. The number of hydrogen-bond acceptors (Lipinski definition) is 6. The third kappa shape index (κ3) is 6.63. The number of rotatable bonds is 8. The van der Waals surface area contributed by atoms with Gasteiger partial charge in [0.15, 0.2) is 6.61 Å². The maximum Gasteiger partial charge on any atom is 0.331 e. The van der Waals surface area contributed by atoms with Crippen LogP contribution in [0.3, 0.4) is 0 Å². The van der Waals surface area contributed by atoms with E-state index in [1.807, 2.05) is 37.6 Å². The minimum Gasteiger partial charge on any atom is -0.452 e. The standard InChI is InChI=1S/C24H26N4O5S/c1-16-4-6-19(7-5-16)14-28-18(3)22(17(2)27-28)12-13-24(30)33-15-23(29)26-20-8-10-21(11-9-20)34(25,31)32/h4-13H,14-15H2,1-3H3,(H,26,29)(H2,25,31,32)/b13-12+. The Kier molecular flexibility index (Phi) is 7.64. The molecular weight excluding hydrogens is 456 g/mol. The SMILES string of the molecule is Cc1ccc(Cn2nc(C)c(/C=C/C(=O)OCC(=O)Nc3ccc(S(N)(=O)=O)cc3)c2C)cc1. The van der Waals surface area contributed by atoms with Crippen LogP contribution in [0.4, 0.5) is 5.69 Å².